The first kappa shape index (κ1) is 19.7. The Hall–Kier alpha value is -2.62. The van der Waals surface area contributed by atoms with E-state index in [-0.39, 0.29) is 18.4 Å². The summed E-state index contributed by atoms with van der Waals surface area (Å²) in [7, 11) is 0. The molecule has 150 valence electrons. The van der Waals surface area contributed by atoms with Crippen molar-refractivity contribution in [3.05, 3.63) is 65.0 Å². The van der Waals surface area contributed by atoms with Crippen molar-refractivity contribution >= 4 is 35.1 Å². The van der Waals surface area contributed by atoms with Crippen molar-refractivity contribution in [2.45, 2.75) is 37.5 Å². The van der Waals surface area contributed by atoms with E-state index in [1.807, 2.05) is 30.3 Å². The molecular weight excluding hydrogens is 389 g/mol. The van der Waals surface area contributed by atoms with Gasteiger partial charge in [0.25, 0.3) is 0 Å². The largest absolute Gasteiger partial charge is 0.340 e. The zero-order chi connectivity index (χ0) is 19.3. The van der Waals surface area contributed by atoms with Gasteiger partial charge in [-0.25, -0.2) is 14.2 Å². The van der Waals surface area contributed by atoms with E-state index in [2.05, 4.69) is 26.4 Å². The molecule has 5 rings (SSSR count). The standard InChI is InChI=1S/C22H22FN5.ClH/c1-25-15-7-8-16-14(12-15)6-9-20(16)28-21-5-3-2-4-19(21)26-22(28)27-11-10-17(23)18(24)13-27;/h2-5,7-8,12,17-18,20H,6,9-11,13,24H2;1H/t17-,18-,20+;/m1./s1. The number of imidazole rings is 1. The van der Waals surface area contributed by atoms with Crippen molar-refractivity contribution in [2.75, 3.05) is 18.0 Å². The maximum absolute atomic E-state index is 13.9. The molecule has 1 aromatic heterocycles. The average Bonchev–Trinajstić information content (AvgIpc) is 3.30. The lowest BCUT2D eigenvalue weighted by Gasteiger charge is -2.35. The molecule has 0 bridgehead atoms. The molecule has 1 aliphatic heterocycles. The number of alkyl halides is 1. The van der Waals surface area contributed by atoms with Crippen LogP contribution in [-0.2, 0) is 6.42 Å². The van der Waals surface area contributed by atoms with E-state index < -0.39 is 12.2 Å². The van der Waals surface area contributed by atoms with E-state index in [0.717, 1.165) is 29.8 Å². The van der Waals surface area contributed by atoms with Crippen molar-refractivity contribution in [2.24, 2.45) is 5.73 Å². The first-order valence-corrected chi connectivity index (χ1v) is 9.77. The summed E-state index contributed by atoms with van der Waals surface area (Å²) in [5.41, 5.74) is 11.2. The van der Waals surface area contributed by atoms with Gasteiger partial charge in [-0.2, -0.15) is 0 Å². The number of nitrogens with zero attached hydrogens (tertiary/aromatic N) is 4. The smallest absolute Gasteiger partial charge is 0.207 e. The van der Waals surface area contributed by atoms with Gasteiger partial charge in [-0.3, -0.25) is 0 Å². The number of benzene rings is 2. The number of para-hydroxylation sites is 2. The Morgan fingerprint density at radius 1 is 1.17 bits per heavy atom. The number of halogens is 2. The van der Waals surface area contributed by atoms with Gasteiger partial charge in [0.2, 0.25) is 5.95 Å². The molecular formula is C22H23ClFN5. The fourth-order valence-corrected chi connectivity index (χ4v) is 4.62. The van der Waals surface area contributed by atoms with Crippen molar-refractivity contribution in [3.63, 3.8) is 0 Å². The van der Waals surface area contributed by atoms with Gasteiger partial charge in [-0.1, -0.05) is 35.9 Å². The third-order valence-electron chi connectivity index (χ3n) is 6.04. The minimum Gasteiger partial charge on any atom is -0.340 e. The normalized spacial score (nSPS) is 23.5. The number of rotatable bonds is 2. The molecule has 3 aromatic rings. The van der Waals surface area contributed by atoms with Gasteiger partial charge in [-0.15, -0.1) is 12.4 Å². The van der Waals surface area contributed by atoms with Crippen molar-refractivity contribution in [1.29, 1.82) is 0 Å². The lowest BCUT2D eigenvalue weighted by atomic mass is 10.0. The number of fused-ring (bicyclic) bond motifs is 2. The molecule has 7 heteroatoms. The van der Waals surface area contributed by atoms with Crippen LogP contribution in [0.3, 0.4) is 0 Å². The number of hydrogen-bond acceptors (Lipinski definition) is 3. The molecule has 1 fully saturated rings. The highest BCUT2D eigenvalue weighted by atomic mass is 35.5. The monoisotopic (exact) mass is 411 g/mol. The predicted molar refractivity (Wildman–Crippen MR) is 116 cm³/mol. The molecule has 2 aromatic carbocycles. The molecule has 0 radical (unpaired) electrons. The fourth-order valence-electron chi connectivity index (χ4n) is 4.62. The number of anilines is 1. The summed E-state index contributed by atoms with van der Waals surface area (Å²) >= 11 is 0. The van der Waals surface area contributed by atoms with Crippen LogP contribution in [-0.4, -0.2) is 34.9 Å². The highest BCUT2D eigenvalue weighted by Gasteiger charge is 2.33. The molecule has 0 amide bonds. The van der Waals surface area contributed by atoms with Crippen LogP contribution >= 0.6 is 12.4 Å². The Morgan fingerprint density at radius 3 is 2.79 bits per heavy atom. The molecule has 0 spiro atoms. The topological polar surface area (TPSA) is 51.4 Å². The van der Waals surface area contributed by atoms with Crippen LogP contribution in [0.1, 0.15) is 30.0 Å². The second kappa shape index (κ2) is 7.66. The Balaban J connectivity index is 0.00000205. The Bertz CT molecular complexity index is 1090. The molecule has 29 heavy (non-hydrogen) atoms. The lowest BCUT2D eigenvalue weighted by Crippen LogP contribution is -2.50. The van der Waals surface area contributed by atoms with Crippen molar-refractivity contribution < 1.29 is 4.39 Å². The number of aromatic nitrogens is 2. The van der Waals surface area contributed by atoms with E-state index >= 15 is 0 Å². The minimum atomic E-state index is -0.951. The van der Waals surface area contributed by atoms with Gasteiger partial charge in [0.15, 0.2) is 5.69 Å². The highest BCUT2D eigenvalue weighted by molar-refractivity contribution is 5.85. The molecule has 2 aliphatic rings. The van der Waals surface area contributed by atoms with Crippen LogP contribution in [0.25, 0.3) is 15.9 Å². The van der Waals surface area contributed by atoms with Gasteiger partial charge in [0.1, 0.15) is 6.17 Å². The first-order chi connectivity index (χ1) is 13.7. The third-order valence-corrected chi connectivity index (χ3v) is 6.04. The van der Waals surface area contributed by atoms with Crippen LogP contribution in [0.2, 0.25) is 0 Å². The fraction of sp³-hybridized carbons (Fsp3) is 0.364. The zero-order valence-corrected chi connectivity index (χ0v) is 16.8. The summed E-state index contributed by atoms with van der Waals surface area (Å²) in [4.78, 5) is 10.6. The van der Waals surface area contributed by atoms with E-state index in [0.29, 0.717) is 25.2 Å². The maximum atomic E-state index is 13.9. The quantitative estimate of drug-likeness (QED) is 0.635. The Labute approximate surface area is 175 Å². The van der Waals surface area contributed by atoms with E-state index in [9.17, 15) is 4.39 Å². The number of hydrogen-bond donors (Lipinski definition) is 1. The van der Waals surface area contributed by atoms with Crippen LogP contribution in [0, 0.1) is 6.57 Å². The van der Waals surface area contributed by atoms with Gasteiger partial charge in [0.05, 0.1) is 29.7 Å². The summed E-state index contributed by atoms with van der Waals surface area (Å²) in [5, 5.41) is 0. The molecule has 3 atom stereocenters. The summed E-state index contributed by atoms with van der Waals surface area (Å²) in [6.07, 6.45) is 1.39. The molecule has 1 aliphatic carbocycles. The second-order valence-electron chi connectivity index (χ2n) is 7.73. The second-order valence-corrected chi connectivity index (χ2v) is 7.73. The summed E-state index contributed by atoms with van der Waals surface area (Å²) < 4.78 is 16.2. The molecule has 0 unspecified atom stereocenters. The Kier molecular flexibility index (Phi) is 5.20. The predicted octanol–water partition coefficient (Wildman–Crippen LogP) is 4.42. The maximum Gasteiger partial charge on any atom is 0.207 e. The number of aryl methyl sites for hydroxylation is 1. The van der Waals surface area contributed by atoms with Crippen LogP contribution in [0.15, 0.2) is 42.5 Å². The SMILES string of the molecule is Cl.[C-]#[N+]c1ccc2c(c1)CC[C@@H]2n1c(N2CC[C@@H](F)[C@H](N)C2)nc2ccccc21. The minimum absolute atomic E-state index is 0. The number of piperidine rings is 1. The summed E-state index contributed by atoms with van der Waals surface area (Å²) in [6.45, 7) is 8.36. The van der Waals surface area contributed by atoms with Crippen LogP contribution in [0.5, 0.6) is 0 Å². The highest BCUT2D eigenvalue weighted by Crippen LogP contribution is 2.41. The van der Waals surface area contributed by atoms with Gasteiger partial charge in [-0.05, 0) is 37.0 Å². The van der Waals surface area contributed by atoms with Crippen molar-refractivity contribution in [1.82, 2.24) is 9.55 Å². The van der Waals surface area contributed by atoms with Gasteiger partial charge in [0, 0.05) is 13.1 Å². The summed E-state index contributed by atoms with van der Waals surface area (Å²) in [5.74, 6) is 0.871. The van der Waals surface area contributed by atoms with E-state index in [1.54, 1.807) is 0 Å². The Morgan fingerprint density at radius 2 is 2.00 bits per heavy atom. The molecule has 5 nitrogen and oxygen atoms in total. The van der Waals surface area contributed by atoms with E-state index in [4.69, 9.17) is 17.3 Å². The molecule has 2 N–H and O–H groups in total. The molecule has 0 saturated carbocycles. The van der Waals surface area contributed by atoms with Crippen LogP contribution in [0.4, 0.5) is 16.0 Å². The zero-order valence-electron chi connectivity index (χ0n) is 16.0. The lowest BCUT2D eigenvalue weighted by molar-refractivity contribution is 0.243. The number of nitrogens with two attached hydrogens (primary N) is 1. The first-order valence-electron chi connectivity index (χ1n) is 9.77. The van der Waals surface area contributed by atoms with Crippen molar-refractivity contribution in [3.8, 4) is 0 Å². The van der Waals surface area contributed by atoms with Gasteiger partial charge < -0.3 is 15.2 Å². The average molecular weight is 412 g/mol. The van der Waals surface area contributed by atoms with E-state index in [1.165, 1.54) is 11.1 Å². The molecule has 2 heterocycles. The van der Waals surface area contributed by atoms with Crippen LogP contribution < -0.4 is 10.6 Å². The molecule has 1 saturated heterocycles. The van der Waals surface area contributed by atoms with Gasteiger partial charge >= 0.3 is 0 Å². The summed E-state index contributed by atoms with van der Waals surface area (Å²) in [6, 6.07) is 13.8. The third kappa shape index (κ3) is 3.25.